The molecule has 1 aromatic carbocycles. The number of hydrogen-bond acceptors (Lipinski definition) is 4. The van der Waals surface area contributed by atoms with Crippen LogP contribution in [0.5, 0.6) is 0 Å². The molecule has 0 amide bonds. The summed E-state index contributed by atoms with van der Waals surface area (Å²) in [5.41, 5.74) is 0. The van der Waals surface area contributed by atoms with Crippen molar-refractivity contribution in [3.05, 3.63) is 24.3 Å². The molecule has 0 radical (unpaired) electrons. The lowest BCUT2D eigenvalue weighted by Gasteiger charge is -2.13. The van der Waals surface area contributed by atoms with E-state index in [1.807, 2.05) is 18.4 Å². The summed E-state index contributed by atoms with van der Waals surface area (Å²) in [7, 11) is -3.40. The van der Waals surface area contributed by atoms with Crippen LogP contribution >= 0.6 is 11.8 Å². The normalized spacial score (nSPS) is 20.6. The number of hydrogen-bond donors (Lipinski definition) is 2. The summed E-state index contributed by atoms with van der Waals surface area (Å²) in [6.45, 7) is 1.58. The van der Waals surface area contributed by atoms with E-state index in [-0.39, 0.29) is 6.04 Å². The first-order valence-corrected chi connectivity index (χ1v) is 8.20. The van der Waals surface area contributed by atoms with Gasteiger partial charge in [0.2, 0.25) is 10.0 Å². The second kappa shape index (κ2) is 5.39. The third-order valence-electron chi connectivity index (χ3n) is 2.74. The zero-order valence-corrected chi connectivity index (χ0v) is 11.3. The van der Waals surface area contributed by atoms with Gasteiger partial charge < -0.3 is 5.32 Å². The van der Waals surface area contributed by atoms with Gasteiger partial charge >= 0.3 is 0 Å². The van der Waals surface area contributed by atoms with E-state index < -0.39 is 10.0 Å². The molecule has 0 aliphatic carbocycles. The topological polar surface area (TPSA) is 58.2 Å². The monoisotopic (exact) mass is 272 g/mol. The Morgan fingerprint density at radius 2 is 2.18 bits per heavy atom. The summed E-state index contributed by atoms with van der Waals surface area (Å²) in [5.74, 6) is 0. The fraction of sp³-hybridized carbons (Fsp3) is 0.455. The highest BCUT2D eigenvalue weighted by Gasteiger charge is 2.24. The second-order valence-electron chi connectivity index (χ2n) is 3.96. The molecule has 1 saturated heterocycles. The number of sulfonamides is 1. The smallest absolute Gasteiger partial charge is 0.241 e. The molecule has 1 aliphatic heterocycles. The van der Waals surface area contributed by atoms with Crippen molar-refractivity contribution in [1.82, 2.24) is 10.0 Å². The number of rotatable bonds is 4. The van der Waals surface area contributed by atoms with Crippen LogP contribution in [0.3, 0.4) is 0 Å². The molecule has 0 spiro atoms. The van der Waals surface area contributed by atoms with Crippen LogP contribution in [0.4, 0.5) is 0 Å². The molecule has 1 aliphatic rings. The van der Waals surface area contributed by atoms with E-state index in [0.29, 0.717) is 11.4 Å². The van der Waals surface area contributed by atoms with Crippen LogP contribution in [-0.2, 0) is 10.0 Å². The summed E-state index contributed by atoms with van der Waals surface area (Å²) < 4.78 is 27.2. The average Bonchev–Trinajstić information content (AvgIpc) is 2.81. The Morgan fingerprint density at radius 1 is 1.41 bits per heavy atom. The van der Waals surface area contributed by atoms with Gasteiger partial charge in [-0.2, -0.15) is 0 Å². The van der Waals surface area contributed by atoms with Crippen molar-refractivity contribution in [3.63, 3.8) is 0 Å². The first-order chi connectivity index (χ1) is 8.13. The molecular weight excluding hydrogens is 256 g/mol. The molecule has 4 nitrogen and oxygen atoms in total. The summed E-state index contributed by atoms with van der Waals surface area (Å²) in [6.07, 6.45) is 2.73. The number of thioether (sulfide) groups is 1. The van der Waals surface area contributed by atoms with Gasteiger partial charge in [0.15, 0.2) is 0 Å². The van der Waals surface area contributed by atoms with Gasteiger partial charge in [0.1, 0.15) is 0 Å². The van der Waals surface area contributed by atoms with Crippen LogP contribution in [0.15, 0.2) is 34.1 Å². The molecule has 94 valence electrons. The van der Waals surface area contributed by atoms with E-state index in [1.54, 1.807) is 12.1 Å². The third-order valence-corrected chi connectivity index (χ3v) is 5.24. The fourth-order valence-electron chi connectivity index (χ4n) is 1.88. The van der Waals surface area contributed by atoms with Crippen LogP contribution in [-0.4, -0.2) is 33.8 Å². The molecule has 1 aromatic rings. The van der Waals surface area contributed by atoms with Gasteiger partial charge in [-0.25, -0.2) is 13.1 Å². The molecule has 17 heavy (non-hydrogen) atoms. The predicted octanol–water partition coefficient (Wildman–Crippen LogP) is 1.05. The predicted molar refractivity (Wildman–Crippen MR) is 69.8 cm³/mol. The van der Waals surface area contributed by atoms with E-state index in [0.717, 1.165) is 17.9 Å². The third kappa shape index (κ3) is 3.01. The lowest BCUT2D eigenvalue weighted by molar-refractivity contribution is 0.558. The van der Waals surface area contributed by atoms with Crippen LogP contribution < -0.4 is 10.0 Å². The summed E-state index contributed by atoms with van der Waals surface area (Å²) >= 11 is 1.45. The molecule has 1 atom stereocenters. The van der Waals surface area contributed by atoms with E-state index in [9.17, 15) is 8.42 Å². The molecule has 1 unspecified atom stereocenters. The zero-order chi connectivity index (χ0) is 12.3. The summed E-state index contributed by atoms with van der Waals surface area (Å²) in [5, 5.41) is 3.14. The van der Waals surface area contributed by atoms with Gasteiger partial charge in [0.25, 0.3) is 0 Å². The van der Waals surface area contributed by atoms with Crippen molar-refractivity contribution in [3.8, 4) is 0 Å². The van der Waals surface area contributed by atoms with E-state index >= 15 is 0 Å². The Labute approximate surface area is 106 Å². The van der Waals surface area contributed by atoms with Gasteiger partial charge in [0.05, 0.1) is 4.90 Å². The highest BCUT2D eigenvalue weighted by Crippen LogP contribution is 2.24. The minimum Gasteiger partial charge on any atom is -0.315 e. The number of nitrogens with one attached hydrogen (secondary N) is 2. The highest BCUT2D eigenvalue weighted by atomic mass is 32.2. The van der Waals surface area contributed by atoms with Gasteiger partial charge in [0, 0.05) is 17.5 Å². The van der Waals surface area contributed by atoms with E-state index in [2.05, 4.69) is 10.0 Å². The molecule has 2 rings (SSSR count). The van der Waals surface area contributed by atoms with Crippen molar-refractivity contribution in [2.75, 3.05) is 19.3 Å². The van der Waals surface area contributed by atoms with Crippen molar-refractivity contribution in [2.45, 2.75) is 22.3 Å². The standard InChI is InChI=1S/C11H16N2O2S2/c1-16-10-4-2-3-5-11(10)17(14,15)13-9-6-7-12-8-9/h2-5,9,12-13H,6-8H2,1H3. The Kier molecular flexibility index (Phi) is 4.09. The molecule has 0 bridgehead atoms. The molecule has 0 saturated carbocycles. The quantitative estimate of drug-likeness (QED) is 0.804. The van der Waals surface area contributed by atoms with Gasteiger partial charge in [-0.15, -0.1) is 11.8 Å². The SMILES string of the molecule is CSc1ccccc1S(=O)(=O)NC1CCNC1. The lowest BCUT2D eigenvalue weighted by atomic mass is 10.3. The molecule has 1 heterocycles. The minimum atomic E-state index is -3.40. The molecule has 1 fully saturated rings. The Hall–Kier alpha value is -0.560. The van der Waals surface area contributed by atoms with Gasteiger partial charge in [-0.3, -0.25) is 0 Å². The maximum Gasteiger partial charge on any atom is 0.241 e. The largest absolute Gasteiger partial charge is 0.315 e. The zero-order valence-electron chi connectivity index (χ0n) is 9.64. The fourth-order valence-corrected chi connectivity index (χ4v) is 4.30. The first-order valence-electron chi connectivity index (χ1n) is 5.49. The van der Waals surface area contributed by atoms with Crippen molar-refractivity contribution < 1.29 is 8.42 Å². The summed E-state index contributed by atoms with van der Waals surface area (Å²) in [6, 6.07) is 7.08. The van der Waals surface area contributed by atoms with Crippen LogP contribution in [0.2, 0.25) is 0 Å². The van der Waals surface area contributed by atoms with E-state index in [4.69, 9.17) is 0 Å². The van der Waals surface area contributed by atoms with Crippen LogP contribution in [0, 0.1) is 0 Å². The van der Waals surface area contributed by atoms with Crippen molar-refractivity contribution in [2.24, 2.45) is 0 Å². The first kappa shape index (κ1) is 12.9. The maximum absolute atomic E-state index is 12.2. The Bertz CT molecular complexity index is 482. The van der Waals surface area contributed by atoms with Crippen LogP contribution in [0.25, 0.3) is 0 Å². The van der Waals surface area contributed by atoms with Crippen molar-refractivity contribution >= 4 is 21.8 Å². The van der Waals surface area contributed by atoms with Gasteiger partial charge in [-0.1, -0.05) is 12.1 Å². The highest BCUT2D eigenvalue weighted by molar-refractivity contribution is 7.99. The Morgan fingerprint density at radius 3 is 2.82 bits per heavy atom. The molecule has 0 aromatic heterocycles. The molecule has 2 N–H and O–H groups in total. The Balaban J connectivity index is 2.24. The minimum absolute atomic E-state index is 0.00918. The lowest BCUT2D eigenvalue weighted by Crippen LogP contribution is -2.36. The maximum atomic E-state index is 12.2. The average molecular weight is 272 g/mol. The number of benzene rings is 1. The second-order valence-corrected chi connectivity index (χ2v) is 6.49. The van der Waals surface area contributed by atoms with E-state index in [1.165, 1.54) is 11.8 Å². The van der Waals surface area contributed by atoms with Gasteiger partial charge in [-0.05, 0) is 31.4 Å². The molecule has 6 heteroatoms. The van der Waals surface area contributed by atoms with Crippen molar-refractivity contribution in [1.29, 1.82) is 0 Å². The summed E-state index contributed by atoms with van der Waals surface area (Å²) in [4.78, 5) is 1.16. The van der Waals surface area contributed by atoms with Crippen LogP contribution in [0.1, 0.15) is 6.42 Å². The molecular formula is C11H16N2O2S2.